The number of allylic oxidation sites excluding steroid dienone is 1. The van der Waals surface area contributed by atoms with Crippen LogP contribution in [-0.2, 0) is 6.42 Å². The zero-order chi connectivity index (χ0) is 14.4. The number of nitrogens with one attached hydrogen (secondary N) is 1. The molecular weight excluding hydrogens is 267 g/mol. The number of rotatable bonds is 3. The molecule has 0 radical (unpaired) electrons. The molecule has 1 atom stereocenters. The Bertz CT molecular complexity index is 733. The summed E-state index contributed by atoms with van der Waals surface area (Å²) in [6.07, 6.45) is 1.21. The summed E-state index contributed by atoms with van der Waals surface area (Å²) in [5.74, 6) is -0.945. The van der Waals surface area contributed by atoms with E-state index in [1.54, 1.807) is 4.57 Å². The minimum Gasteiger partial charge on any atom is -0.322 e. The van der Waals surface area contributed by atoms with E-state index in [0.717, 1.165) is 6.07 Å². The molecule has 3 rings (SSSR count). The van der Waals surface area contributed by atoms with Crippen LogP contribution in [0.5, 0.6) is 0 Å². The van der Waals surface area contributed by atoms with Gasteiger partial charge in [0, 0.05) is 12.0 Å². The largest absolute Gasteiger partial charge is 0.322 e. The molecule has 2 heterocycles. The number of alkyl halides is 1. The zero-order valence-electron chi connectivity index (χ0n) is 10.6. The maximum atomic E-state index is 14.0. The molecule has 6 heteroatoms. The van der Waals surface area contributed by atoms with E-state index >= 15 is 0 Å². The number of halogens is 3. The summed E-state index contributed by atoms with van der Waals surface area (Å²) < 4.78 is 41.7. The summed E-state index contributed by atoms with van der Waals surface area (Å²) in [5, 5.41) is 7.56. The third-order valence-corrected chi connectivity index (χ3v) is 3.63. The van der Waals surface area contributed by atoms with E-state index in [-0.39, 0.29) is 17.1 Å². The molecule has 1 aromatic heterocycles. The van der Waals surface area contributed by atoms with Crippen LogP contribution in [0.2, 0.25) is 0 Å². The van der Waals surface area contributed by atoms with Crippen molar-refractivity contribution in [3.05, 3.63) is 41.7 Å². The molecule has 0 spiro atoms. The molecule has 20 heavy (non-hydrogen) atoms. The van der Waals surface area contributed by atoms with E-state index in [1.165, 1.54) is 6.07 Å². The van der Waals surface area contributed by atoms with E-state index in [0.29, 0.717) is 24.2 Å². The van der Waals surface area contributed by atoms with Crippen LogP contribution in [0.1, 0.15) is 23.9 Å². The number of benzene rings is 1. The number of imidazole rings is 1. The van der Waals surface area contributed by atoms with Gasteiger partial charge in [0.15, 0.2) is 5.82 Å². The zero-order valence-corrected chi connectivity index (χ0v) is 10.6. The predicted octanol–water partition coefficient (Wildman–Crippen LogP) is 3.48. The highest BCUT2D eigenvalue weighted by Gasteiger charge is 2.27. The molecule has 2 aromatic rings. The fraction of sp³-hybridized carbons (Fsp3) is 0.286. The maximum absolute atomic E-state index is 14.0. The van der Waals surface area contributed by atoms with Gasteiger partial charge in [-0.3, -0.25) is 5.41 Å². The average Bonchev–Trinajstić information content (AvgIpc) is 2.97. The standard InChI is InChI=1S/C14H12F3N3/c1-7(16)13(18)8-4-10(17)14-11(5-8)20-9(6-15)2-3-12(20)19-14/h4-5,9,18H,1-3,6H2/t9-/m0/s1. The number of aryl methyl sites for hydroxylation is 1. The lowest BCUT2D eigenvalue weighted by Crippen LogP contribution is -2.07. The Kier molecular flexibility index (Phi) is 2.88. The lowest BCUT2D eigenvalue weighted by molar-refractivity contribution is 0.372. The highest BCUT2D eigenvalue weighted by molar-refractivity contribution is 6.10. The molecule has 1 aromatic carbocycles. The fourth-order valence-corrected chi connectivity index (χ4v) is 2.66. The summed E-state index contributed by atoms with van der Waals surface area (Å²) in [4.78, 5) is 4.17. The van der Waals surface area contributed by atoms with Crippen LogP contribution in [0, 0.1) is 11.2 Å². The second-order valence-electron chi connectivity index (χ2n) is 4.85. The average molecular weight is 279 g/mol. The molecule has 0 fully saturated rings. The van der Waals surface area contributed by atoms with Gasteiger partial charge in [0.2, 0.25) is 0 Å². The van der Waals surface area contributed by atoms with Gasteiger partial charge in [-0.2, -0.15) is 0 Å². The first-order valence-electron chi connectivity index (χ1n) is 6.23. The first-order chi connectivity index (χ1) is 9.52. The summed E-state index contributed by atoms with van der Waals surface area (Å²) in [7, 11) is 0. The van der Waals surface area contributed by atoms with E-state index in [1.807, 2.05) is 0 Å². The molecule has 1 N–H and O–H groups in total. The van der Waals surface area contributed by atoms with Crippen LogP contribution >= 0.6 is 0 Å². The van der Waals surface area contributed by atoms with Crippen molar-refractivity contribution in [3.8, 4) is 0 Å². The molecule has 0 bridgehead atoms. The molecule has 0 amide bonds. The van der Waals surface area contributed by atoms with Gasteiger partial charge in [0.1, 0.15) is 23.8 Å². The lowest BCUT2D eigenvalue weighted by atomic mass is 10.1. The van der Waals surface area contributed by atoms with Crippen molar-refractivity contribution in [2.75, 3.05) is 6.67 Å². The summed E-state index contributed by atoms with van der Waals surface area (Å²) in [6.45, 7) is 2.48. The molecule has 0 unspecified atom stereocenters. The summed E-state index contributed by atoms with van der Waals surface area (Å²) >= 11 is 0. The Balaban J connectivity index is 2.25. The van der Waals surface area contributed by atoms with Gasteiger partial charge in [0.25, 0.3) is 0 Å². The Morgan fingerprint density at radius 1 is 1.50 bits per heavy atom. The first kappa shape index (κ1) is 12.9. The summed E-state index contributed by atoms with van der Waals surface area (Å²) in [5.41, 5.74) is 0.145. The number of hydrogen-bond acceptors (Lipinski definition) is 2. The second kappa shape index (κ2) is 4.47. The van der Waals surface area contributed by atoms with E-state index < -0.39 is 24.0 Å². The monoisotopic (exact) mass is 279 g/mol. The minimum absolute atomic E-state index is 0.0784. The predicted molar refractivity (Wildman–Crippen MR) is 70.1 cm³/mol. The van der Waals surface area contributed by atoms with Crippen LogP contribution in [0.25, 0.3) is 11.0 Å². The Morgan fingerprint density at radius 3 is 2.90 bits per heavy atom. The molecule has 0 saturated carbocycles. The van der Waals surface area contributed by atoms with Crippen LogP contribution in [0.15, 0.2) is 24.5 Å². The van der Waals surface area contributed by atoms with Crippen LogP contribution in [0.4, 0.5) is 13.2 Å². The van der Waals surface area contributed by atoms with Crippen molar-refractivity contribution >= 4 is 16.7 Å². The van der Waals surface area contributed by atoms with Crippen LogP contribution < -0.4 is 0 Å². The highest BCUT2D eigenvalue weighted by atomic mass is 19.1. The number of nitrogens with zero attached hydrogens (tertiary/aromatic N) is 2. The quantitative estimate of drug-likeness (QED) is 0.859. The Hall–Kier alpha value is -2.11. The number of fused-ring (bicyclic) bond motifs is 3. The maximum Gasteiger partial charge on any atom is 0.151 e. The van der Waals surface area contributed by atoms with Crippen LogP contribution in [0.3, 0.4) is 0 Å². The van der Waals surface area contributed by atoms with Gasteiger partial charge >= 0.3 is 0 Å². The molecule has 1 aliphatic heterocycles. The van der Waals surface area contributed by atoms with Crippen molar-refractivity contribution in [2.45, 2.75) is 18.9 Å². The summed E-state index contributed by atoms with van der Waals surface area (Å²) in [6, 6.07) is 2.16. The first-order valence-corrected chi connectivity index (χ1v) is 6.23. The van der Waals surface area contributed by atoms with E-state index in [9.17, 15) is 13.2 Å². The molecule has 1 aliphatic rings. The molecular formula is C14H12F3N3. The van der Waals surface area contributed by atoms with Gasteiger partial charge < -0.3 is 4.57 Å². The normalized spacial score (nSPS) is 17.4. The Labute approximate surface area is 113 Å². The van der Waals surface area contributed by atoms with E-state index in [4.69, 9.17) is 5.41 Å². The smallest absolute Gasteiger partial charge is 0.151 e. The van der Waals surface area contributed by atoms with Crippen molar-refractivity contribution in [1.29, 1.82) is 5.41 Å². The van der Waals surface area contributed by atoms with Crippen molar-refractivity contribution in [2.24, 2.45) is 0 Å². The van der Waals surface area contributed by atoms with Gasteiger partial charge in [-0.15, -0.1) is 0 Å². The number of aromatic nitrogens is 2. The third-order valence-electron chi connectivity index (χ3n) is 3.63. The van der Waals surface area contributed by atoms with Crippen molar-refractivity contribution in [1.82, 2.24) is 9.55 Å². The van der Waals surface area contributed by atoms with Gasteiger partial charge in [-0.05, 0) is 18.6 Å². The number of hydrogen-bond donors (Lipinski definition) is 1. The fourth-order valence-electron chi connectivity index (χ4n) is 2.66. The van der Waals surface area contributed by atoms with Crippen molar-refractivity contribution in [3.63, 3.8) is 0 Å². The minimum atomic E-state index is -0.938. The van der Waals surface area contributed by atoms with Crippen LogP contribution in [-0.4, -0.2) is 21.9 Å². The van der Waals surface area contributed by atoms with Gasteiger partial charge in [-0.25, -0.2) is 18.2 Å². The molecule has 3 nitrogen and oxygen atoms in total. The van der Waals surface area contributed by atoms with Gasteiger partial charge in [0.05, 0.1) is 17.3 Å². The Morgan fingerprint density at radius 2 is 2.25 bits per heavy atom. The topological polar surface area (TPSA) is 41.7 Å². The molecule has 0 saturated heterocycles. The molecule has 0 aliphatic carbocycles. The van der Waals surface area contributed by atoms with Gasteiger partial charge in [-0.1, -0.05) is 6.58 Å². The molecule has 104 valence electrons. The highest BCUT2D eigenvalue weighted by Crippen LogP contribution is 2.33. The van der Waals surface area contributed by atoms with E-state index in [2.05, 4.69) is 11.6 Å². The third kappa shape index (κ3) is 1.75. The van der Waals surface area contributed by atoms with Crippen molar-refractivity contribution < 1.29 is 13.2 Å². The SMILES string of the molecule is C=C(F)C(=N)c1cc(F)c2nc3n(c2c1)[C@H](CF)CC3. The lowest BCUT2D eigenvalue weighted by Gasteiger charge is -2.10. The second-order valence-corrected chi connectivity index (χ2v) is 4.85.